The van der Waals surface area contributed by atoms with Gasteiger partial charge in [0.2, 0.25) is 5.91 Å². The molecule has 2 amide bonds. The molecule has 0 saturated carbocycles. The van der Waals surface area contributed by atoms with E-state index in [4.69, 9.17) is 0 Å². The van der Waals surface area contributed by atoms with Crippen LogP contribution in [0.25, 0.3) is 0 Å². The molecule has 21 heavy (non-hydrogen) atoms. The topological polar surface area (TPSA) is 112 Å². The highest BCUT2D eigenvalue weighted by atomic mass is 16.4. The smallest absolute Gasteiger partial charge is 0.329 e. The summed E-state index contributed by atoms with van der Waals surface area (Å²) in [6.45, 7) is 2.04. The van der Waals surface area contributed by atoms with E-state index in [2.05, 4.69) is 15.3 Å². The number of nitrogens with one attached hydrogen (secondary N) is 1. The lowest BCUT2D eigenvalue weighted by atomic mass is 9.87. The van der Waals surface area contributed by atoms with E-state index in [1.807, 2.05) is 0 Å². The van der Waals surface area contributed by atoms with Crippen molar-refractivity contribution in [1.29, 1.82) is 0 Å². The molecule has 2 N–H and O–H groups in total. The fourth-order valence-corrected chi connectivity index (χ4v) is 2.30. The normalized spacial score (nSPS) is 17.1. The second-order valence-corrected chi connectivity index (χ2v) is 4.97. The number of rotatable bonds is 3. The average molecular weight is 292 g/mol. The molecule has 2 rings (SSSR count). The van der Waals surface area contributed by atoms with Gasteiger partial charge in [-0.15, -0.1) is 0 Å². The largest absolute Gasteiger partial charge is 0.480 e. The molecule has 1 aromatic rings. The van der Waals surface area contributed by atoms with Gasteiger partial charge in [-0.05, 0) is 12.8 Å². The Balaban J connectivity index is 2.12. The summed E-state index contributed by atoms with van der Waals surface area (Å²) in [6, 6.07) is 0. The van der Waals surface area contributed by atoms with Crippen LogP contribution in [0.3, 0.4) is 0 Å². The lowest BCUT2D eigenvalue weighted by Gasteiger charge is -2.38. The second kappa shape index (κ2) is 5.86. The maximum atomic E-state index is 12.1. The minimum absolute atomic E-state index is 0.100. The summed E-state index contributed by atoms with van der Waals surface area (Å²) in [5.41, 5.74) is -1.16. The third-order valence-corrected chi connectivity index (χ3v) is 3.65. The number of carboxylic acids is 1. The van der Waals surface area contributed by atoms with Gasteiger partial charge in [0.1, 0.15) is 11.9 Å². The van der Waals surface area contributed by atoms with Crippen molar-refractivity contribution < 1.29 is 19.5 Å². The molecule has 1 saturated heterocycles. The fourth-order valence-electron chi connectivity index (χ4n) is 2.30. The zero-order valence-corrected chi connectivity index (χ0v) is 11.6. The highest BCUT2D eigenvalue weighted by molar-refractivity contribution is 5.97. The number of carbonyl (C=O) groups is 3. The second-order valence-electron chi connectivity index (χ2n) is 4.97. The Morgan fingerprint density at radius 1 is 1.24 bits per heavy atom. The maximum Gasteiger partial charge on any atom is 0.329 e. The summed E-state index contributed by atoms with van der Waals surface area (Å²) in [7, 11) is 0. The predicted octanol–water partition coefficient (Wildman–Crippen LogP) is -0.328. The highest BCUT2D eigenvalue weighted by Crippen LogP contribution is 2.23. The van der Waals surface area contributed by atoms with Crippen molar-refractivity contribution >= 4 is 17.8 Å². The summed E-state index contributed by atoms with van der Waals surface area (Å²) in [5.74, 6) is -1.73. The molecular weight excluding hydrogens is 276 g/mol. The van der Waals surface area contributed by atoms with Crippen molar-refractivity contribution in [1.82, 2.24) is 20.2 Å². The molecular formula is C13H16N4O4. The van der Waals surface area contributed by atoms with Gasteiger partial charge in [-0.25, -0.2) is 14.8 Å². The van der Waals surface area contributed by atoms with Crippen LogP contribution in [0.4, 0.5) is 0 Å². The molecule has 1 aliphatic rings. The molecule has 0 unspecified atom stereocenters. The van der Waals surface area contributed by atoms with Gasteiger partial charge in [0.15, 0.2) is 0 Å². The average Bonchev–Trinajstić information content (AvgIpc) is 2.48. The van der Waals surface area contributed by atoms with E-state index >= 15 is 0 Å². The lowest BCUT2D eigenvalue weighted by Crippen LogP contribution is -2.60. The van der Waals surface area contributed by atoms with Crippen LogP contribution in [0.15, 0.2) is 18.7 Å². The number of carbonyl (C=O) groups excluding carboxylic acids is 2. The van der Waals surface area contributed by atoms with E-state index in [9.17, 15) is 19.5 Å². The first-order chi connectivity index (χ1) is 9.94. The molecule has 1 aliphatic heterocycles. The van der Waals surface area contributed by atoms with Crippen LogP contribution < -0.4 is 5.32 Å². The molecule has 2 heterocycles. The van der Waals surface area contributed by atoms with E-state index in [1.165, 1.54) is 25.6 Å². The van der Waals surface area contributed by atoms with Crippen LogP contribution >= 0.6 is 0 Å². The Kier molecular flexibility index (Phi) is 4.15. The summed E-state index contributed by atoms with van der Waals surface area (Å²) in [5, 5.41) is 12.0. The van der Waals surface area contributed by atoms with Gasteiger partial charge >= 0.3 is 5.97 Å². The molecule has 112 valence electrons. The van der Waals surface area contributed by atoms with Crippen molar-refractivity contribution in [3.8, 4) is 0 Å². The SMILES string of the molecule is CC(=O)N1CCC(NC(=O)c2cncnc2)(C(=O)O)CC1. The molecule has 0 aliphatic carbocycles. The number of likely N-dealkylation sites (tertiary alicyclic amines) is 1. The zero-order chi connectivity index (χ0) is 15.5. The molecule has 0 atom stereocenters. The molecule has 0 radical (unpaired) electrons. The summed E-state index contributed by atoms with van der Waals surface area (Å²) in [6.07, 6.45) is 4.27. The molecule has 0 aromatic carbocycles. The molecule has 8 nitrogen and oxygen atoms in total. The number of carboxylic acid groups (broad SMARTS) is 1. The molecule has 0 spiro atoms. The van der Waals surface area contributed by atoms with Gasteiger partial charge in [-0.3, -0.25) is 9.59 Å². The van der Waals surface area contributed by atoms with Crippen LogP contribution in [0.5, 0.6) is 0 Å². The van der Waals surface area contributed by atoms with Gasteiger partial charge in [0, 0.05) is 32.4 Å². The first-order valence-electron chi connectivity index (χ1n) is 6.51. The summed E-state index contributed by atoms with van der Waals surface area (Å²) in [4.78, 5) is 44.0. The summed E-state index contributed by atoms with van der Waals surface area (Å²) >= 11 is 0. The highest BCUT2D eigenvalue weighted by Gasteiger charge is 2.43. The number of aromatic nitrogens is 2. The van der Waals surface area contributed by atoms with E-state index in [-0.39, 0.29) is 24.3 Å². The number of amides is 2. The van der Waals surface area contributed by atoms with Crippen molar-refractivity contribution in [2.24, 2.45) is 0 Å². The minimum atomic E-state index is -1.36. The number of hydrogen-bond acceptors (Lipinski definition) is 5. The van der Waals surface area contributed by atoms with Crippen molar-refractivity contribution in [2.45, 2.75) is 25.3 Å². The van der Waals surface area contributed by atoms with Gasteiger partial charge in [0.25, 0.3) is 5.91 Å². The number of piperidine rings is 1. The monoisotopic (exact) mass is 292 g/mol. The van der Waals surface area contributed by atoms with E-state index < -0.39 is 17.4 Å². The molecule has 1 fully saturated rings. The molecule has 0 bridgehead atoms. The quantitative estimate of drug-likeness (QED) is 0.789. The number of nitrogens with zero attached hydrogens (tertiary/aromatic N) is 3. The van der Waals surface area contributed by atoms with E-state index in [0.29, 0.717) is 13.1 Å². The van der Waals surface area contributed by atoms with E-state index in [1.54, 1.807) is 4.90 Å². The Labute approximate surface area is 121 Å². The first-order valence-corrected chi connectivity index (χ1v) is 6.51. The molecule has 1 aromatic heterocycles. The molecule has 8 heteroatoms. The first kappa shape index (κ1) is 14.9. The Hall–Kier alpha value is -2.51. The Morgan fingerprint density at radius 2 is 1.81 bits per heavy atom. The zero-order valence-electron chi connectivity index (χ0n) is 11.6. The summed E-state index contributed by atoms with van der Waals surface area (Å²) < 4.78 is 0. The van der Waals surface area contributed by atoms with Crippen LogP contribution in [-0.4, -0.2) is 56.4 Å². The number of hydrogen-bond donors (Lipinski definition) is 2. The third-order valence-electron chi connectivity index (χ3n) is 3.65. The van der Waals surface area contributed by atoms with E-state index in [0.717, 1.165) is 0 Å². The third kappa shape index (κ3) is 3.15. The standard InChI is InChI=1S/C13H16N4O4/c1-9(18)17-4-2-13(3-5-17,12(20)21)16-11(19)10-6-14-8-15-7-10/h6-8H,2-5H2,1H3,(H,16,19)(H,20,21). The van der Waals surface area contributed by atoms with Crippen LogP contribution in [0.2, 0.25) is 0 Å². The predicted molar refractivity (Wildman–Crippen MR) is 71.4 cm³/mol. The van der Waals surface area contributed by atoms with Crippen LogP contribution in [0.1, 0.15) is 30.1 Å². The van der Waals surface area contributed by atoms with Crippen molar-refractivity contribution in [3.05, 3.63) is 24.3 Å². The van der Waals surface area contributed by atoms with Crippen molar-refractivity contribution in [3.63, 3.8) is 0 Å². The van der Waals surface area contributed by atoms with Crippen LogP contribution in [0, 0.1) is 0 Å². The lowest BCUT2D eigenvalue weighted by molar-refractivity contribution is -0.148. The Bertz CT molecular complexity index is 553. The van der Waals surface area contributed by atoms with Crippen LogP contribution in [-0.2, 0) is 9.59 Å². The maximum absolute atomic E-state index is 12.1. The number of aliphatic carboxylic acids is 1. The Morgan fingerprint density at radius 3 is 2.29 bits per heavy atom. The van der Waals surface area contributed by atoms with Crippen molar-refractivity contribution in [2.75, 3.05) is 13.1 Å². The van der Waals surface area contributed by atoms with Gasteiger partial charge < -0.3 is 15.3 Å². The minimum Gasteiger partial charge on any atom is -0.480 e. The van der Waals surface area contributed by atoms with Gasteiger partial charge in [-0.2, -0.15) is 0 Å². The van der Waals surface area contributed by atoms with Gasteiger partial charge in [-0.1, -0.05) is 0 Å². The fraction of sp³-hybridized carbons (Fsp3) is 0.462. The van der Waals surface area contributed by atoms with Gasteiger partial charge in [0.05, 0.1) is 5.56 Å².